The molecule has 12 rings (SSSR count). The fraction of sp³-hybridized carbons (Fsp3) is 0.0169. The van der Waals surface area contributed by atoms with Gasteiger partial charge >= 0.3 is 0 Å². The Labute approximate surface area is 355 Å². The summed E-state index contributed by atoms with van der Waals surface area (Å²) in [4.78, 5) is 2.40. The van der Waals surface area contributed by atoms with Crippen molar-refractivity contribution >= 4 is 49.8 Å². The Balaban J connectivity index is 1.11. The first-order valence-electron chi connectivity index (χ1n) is 21.0. The minimum absolute atomic E-state index is 0.495. The highest BCUT2D eigenvalue weighted by atomic mass is 16.3. The largest absolute Gasteiger partial charge is 0.454 e. The minimum atomic E-state index is -0.495. The van der Waals surface area contributed by atoms with Gasteiger partial charge in [0, 0.05) is 22.0 Å². The number of fused-ring (bicyclic) bond motifs is 7. The molecule has 2 nitrogen and oxygen atoms in total. The van der Waals surface area contributed by atoms with Crippen LogP contribution in [0.2, 0.25) is 0 Å². The van der Waals surface area contributed by atoms with E-state index in [1.807, 2.05) is 6.07 Å². The highest BCUT2D eigenvalue weighted by Crippen LogP contribution is 2.56. The number of furan rings is 1. The van der Waals surface area contributed by atoms with Crippen molar-refractivity contribution in [2.24, 2.45) is 0 Å². The van der Waals surface area contributed by atoms with Crippen molar-refractivity contribution in [1.82, 2.24) is 0 Å². The van der Waals surface area contributed by atoms with E-state index in [0.29, 0.717) is 0 Å². The summed E-state index contributed by atoms with van der Waals surface area (Å²) in [5, 5.41) is 4.62. The van der Waals surface area contributed by atoms with E-state index in [0.717, 1.165) is 44.6 Å². The lowest BCUT2D eigenvalue weighted by Crippen LogP contribution is -2.28. The average Bonchev–Trinajstić information content (AvgIpc) is 3.87. The summed E-state index contributed by atoms with van der Waals surface area (Å²) in [6.07, 6.45) is 0. The van der Waals surface area contributed by atoms with Crippen molar-refractivity contribution < 1.29 is 4.42 Å². The molecule has 1 heterocycles. The van der Waals surface area contributed by atoms with Gasteiger partial charge in [-0.05, 0) is 91.2 Å². The lowest BCUT2D eigenvalue weighted by atomic mass is 9.68. The van der Waals surface area contributed by atoms with E-state index in [2.05, 4.69) is 235 Å². The predicted molar refractivity (Wildman–Crippen MR) is 254 cm³/mol. The van der Waals surface area contributed by atoms with Gasteiger partial charge in [-0.1, -0.05) is 206 Å². The molecule has 0 unspecified atom stereocenters. The molecule has 0 N–H and O–H groups in total. The molecule has 0 atom stereocenters. The second-order valence-corrected chi connectivity index (χ2v) is 15.9. The Morgan fingerprint density at radius 1 is 0.344 bits per heavy atom. The lowest BCUT2D eigenvalue weighted by Gasteiger charge is -2.34. The first kappa shape index (κ1) is 35.0. The van der Waals surface area contributed by atoms with Crippen molar-refractivity contribution in [1.29, 1.82) is 0 Å². The van der Waals surface area contributed by atoms with Crippen LogP contribution in [0.3, 0.4) is 0 Å². The quantitative estimate of drug-likeness (QED) is 0.160. The Kier molecular flexibility index (Phi) is 8.11. The second kappa shape index (κ2) is 14.1. The van der Waals surface area contributed by atoms with Crippen LogP contribution >= 0.6 is 0 Å². The first-order chi connectivity index (χ1) is 30.3. The van der Waals surface area contributed by atoms with Crippen LogP contribution in [0.1, 0.15) is 22.3 Å². The molecule has 11 aromatic rings. The molecule has 1 aliphatic rings. The zero-order valence-corrected chi connectivity index (χ0v) is 33.4. The molecule has 0 saturated carbocycles. The van der Waals surface area contributed by atoms with E-state index in [-0.39, 0.29) is 0 Å². The maximum atomic E-state index is 6.82. The molecule has 1 aromatic heterocycles. The van der Waals surface area contributed by atoms with Gasteiger partial charge in [-0.3, -0.25) is 0 Å². The topological polar surface area (TPSA) is 16.4 Å². The van der Waals surface area contributed by atoms with Crippen LogP contribution in [0, 0.1) is 0 Å². The van der Waals surface area contributed by atoms with Gasteiger partial charge in [0.15, 0.2) is 5.58 Å². The summed E-state index contributed by atoms with van der Waals surface area (Å²) >= 11 is 0. The molecule has 61 heavy (non-hydrogen) atoms. The molecule has 0 bridgehead atoms. The smallest absolute Gasteiger partial charge is 0.159 e. The van der Waals surface area contributed by atoms with Crippen molar-refractivity contribution in [3.05, 3.63) is 259 Å². The standard InChI is InChI=1S/C59H39NO/c1-3-18-40(19-4-1)45-28-15-20-41-21-16-29-50(57(41)45)48-26-9-13-33-54(48)60(55-34-17-30-51-49-27-10-14-35-56(49)61-58(51)55)44-38-36-43(37-39-44)59(42-22-5-2-6-23-42)52-31-11-7-24-46(52)47-25-8-12-32-53(47)59/h1-39H. The predicted octanol–water partition coefficient (Wildman–Crippen LogP) is 15.9. The van der Waals surface area contributed by atoms with Crippen LogP contribution < -0.4 is 4.90 Å². The molecule has 0 spiro atoms. The molecule has 10 aromatic carbocycles. The van der Waals surface area contributed by atoms with E-state index in [4.69, 9.17) is 4.42 Å². The zero-order valence-electron chi connectivity index (χ0n) is 33.4. The zero-order chi connectivity index (χ0) is 40.3. The fourth-order valence-electron chi connectivity index (χ4n) is 10.2. The highest BCUT2D eigenvalue weighted by Gasteiger charge is 2.45. The van der Waals surface area contributed by atoms with Crippen LogP contribution in [-0.2, 0) is 5.41 Å². The van der Waals surface area contributed by atoms with E-state index < -0.39 is 5.41 Å². The van der Waals surface area contributed by atoms with Crippen molar-refractivity contribution in [3.8, 4) is 33.4 Å². The Bertz CT molecular complexity index is 3370. The molecular formula is C59H39NO. The van der Waals surface area contributed by atoms with Gasteiger partial charge in [-0.2, -0.15) is 0 Å². The maximum Gasteiger partial charge on any atom is 0.159 e. The van der Waals surface area contributed by atoms with E-state index in [1.165, 1.54) is 60.8 Å². The van der Waals surface area contributed by atoms with Crippen LogP contribution in [-0.4, -0.2) is 0 Å². The van der Waals surface area contributed by atoms with Crippen molar-refractivity contribution in [2.75, 3.05) is 4.90 Å². The van der Waals surface area contributed by atoms with Gasteiger partial charge in [-0.15, -0.1) is 0 Å². The maximum absolute atomic E-state index is 6.82. The Morgan fingerprint density at radius 2 is 0.869 bits per heavy atom. The molecule has 2 heteroatoms. The summed E-state index contributed by atoms with van der Waals surface area (Å²) in [5.74, 6) is 0. The molecule has 0 aliphatic heterocycles. The summed E-state index contributed by atoms with van der Waals surface area (Å²) < 4.78 is 6.82. The van der Waals surface area contributed by atoms with Gasteiger partial charge in [0.1, 0.15) is 5.58 Å². The molecule has 0 fully saturated rings. The van der Waals surface area contributed by atoms with Crippen LogP contribution in [0.5, 0.6) is 0 Å². The number of benzene rings is 10. The fourth-order valence-corrected chi connectivity index (χ4v) is 10.2. The van der Waals surface area contributed by atoms with E-state index >= 15 is 0 Å². The summed E-state index contributed by atoms with van der Waals surface area (Å²) in [7, 11) is 0. The lowest BCUT2D eigenvalue weighted by molar-refractivity contribution is 0.669. The van der Waals surface area contributed by atoms with Gasteiger partial charge in [-0.25, -0.2) is 0 Å². The number of nitrogens with zero attached hydrogens (tertiary/aromatic N) is 1. The molecular weight excluding hydrogens is 739 g/mol. The van der Waals surface area contributed by atoms with Crippen molar-refractivity contribution in [2.45, 2.75) is 5.41 Å². The molecule has 0 saturated heterocycles. The number of rotatable bonds is 7. The normalized spacial score (nSPS) is 12.7. The number of para-hydroxylation sites is 3. The number of hydrogen-bond donors (Lipinski definition) is 0. The van der Waals surface area contributed by atoms with Gasteiger partial charge in [0.05, 0.1) is 16.8 Å². The number of hydrogen-bond acceptors (Lipinski definition) is 2. The molecule has 0 amide bonds. The summed E-state index contributed by atoms with van der Waals surface area (Å²) in [6.45, 7) is 0. The number of anilines is 3. The van der Waals surface area contributed by atoms with Crippen LogP contribution in [0.25, 0.3) is 66.1 Å². The Hall–Kier alpha value is -7.94. The Morgan fingerprint density at radius 3 is 1.61 bits per heavy atom. The van der Waals surface area contributed by atoms with E-state index in [1.54, 1.807) is 0 Å². The highest BCUT2D eigenvalue weighted by molar-refractivity contribution is 6.12. The second-order valence-electron chi connectivity index (χ2n) is 15.9. The summed E-state index contributed by atoms with van der Waals surface area (Å²) in [5.41, 5.74) is 16.7. The molecule has 286 valence electrons. The van der Waals surface area contributed by atoms with Crippen molar-refractivity contribution in [3.63, 3.8) is 0 Å². The van der Waals surface area contributed by atoms with Gasteiger partial charge in [0.2, 0.25) is 0 Å². The minimum Gasteiger partial charge on any atom is -0.454 e. The third kappa shape index (κ3) is 5.36. The van der Waals surface area contributed by atoms with Crippen LogP contribution in [0.15, 0.2) is 241 Å². The molecule has 1 aliphatic carbocycles. The third-order valence-electron chi connectivity index (χ3n) is 12.8. The van der Waals surface area contributed by atoms with Gasteiger partial charge < -0.3 is 9.32 Å². The average molecular weight is 778 g/mol. The van der Waals surface area contributed by atoms with Gasteiger partial charge in [0.25, 0.3) is 0 Å². The third-order valence-corrected chi connectivity index (χ3v) is 12.8. The van der Waals surface area contributed by atoms with Crippen LogP contribution in [0.4, 0.5) is 17.1 Å². The summed E-state index contributed by atoms with van der Waals surface area (Å²) in [6, 6.07) is 85.9. The first-order valence-corrected chi connectivity index (χ1v) is 21.0. The molecule has 0 radical (unpaired) electrons. The van der Waals surface area contributed by atoms with E-state index in [9.17, 15) is 0 Å². The monoisotopic (exact) mass is 777 g/mol. The SMILES string of the molecule is c1ccc(-c2cccc3cccc(-c4ccccc4N(c4ccc(C5(c6ccccc6)c6ccccc6-c6ccccc65)cc4)c4cccc5c4oc4ccccc45)c23)cc1.